The van der Waals surface area contributed by atoms with Crippen molar-refractivity contribution < 1.29 is 19.1 Å². The normalized spacial score (nSPS) is 19.9. The van der Waals surface area contributed by atoms with Gasteiger partial charge < -0.3 is 14.3 Å². The monoisotopic (exact) mass is 468 g/mol. The molecule has 1 saturated carbocycles. The number of rotatable bonds is 9. The fraction of sp³-hybridized carbons (Fsp3) is 0.536. The average Bonchev–Trinajstić information content (AvgIpc) is 2.79. The zero-order chi connectivity index (χ0) is 24.1. The van der Waals surface area contributed by atoms with Crippen molar-refractivity contribution in [3.05, 3.63) is 60.7 Å². The van der Waals surface area contributed by atoms with Crippen LogP contribution in [0.25, 0.3) is 0 Å². The second kappa shape index (κ2) is 10.5. The Bertz CT molecular complexity index is 850. The minimum absolute atomic E-state index is 0.0294. The van der Waals surface area contributed by atoms with Crippen LogP contribution in [-0.2, 0) is 14.0 Å². The van der Waals surface area contributed by atoms with Crippen LogP contribution in [0.1, 0.15) is 60.3 Å². The van der Waals surface area contributed by atoms with Crippen LogP contribution < -0.4 is 10.4 Å². The number of hydrogen-bond acceptors (Lipinski definition) is 3. The van der Waals surface area contributed by atoms with Crippen LogP contribution in [0.5, 0.6) is 0 Å². The van der Waals surface area contributed by atoms with Gasteiger partial charge in [0.05, 0.1) is 6.61 Å². The van der Waals surface area contributed by atoms with Gasteiger partial charge in [0.1, 0.15) is 0 Å². The Morgan fingerprint density at radius 1 is 0.879 bits per heavy atom. The van der Waals surface area contributed by atoms with E-state index in [0.29, 0.717) is 18.4 Å². The number of carbonyl (C=O) groups is 1. The third kappa shape index (κ3) is 5.95. The topological polar surface area (TPSA) is 55.8 Å². The molecule has 33 heavy (non-hydrogen) atoms. The molecule has 1 N–H and O–H groups in total. The minimum Gasteiger partial charge on any atom is -0.479 e. The van der Waals surface area contributed by atoms with Crippen molar-refractivity contribution >= 4 is 24.7 Å². The van der Waals surface area contributed by atoms with E-state index in [1.54, 1.807) is 13.8 Å². The van der Waals surface area contributed by atoms with Gasteiger partial charge in [-0.25, -0.2) is 4.79 Å². The predicted molar refractivity (Wildman–Crippen MR) is 137 cm³/mol. The van der Waals surface area contributed by atoms with Gasteiger partial charge in [0.15, 0.2) is 5.60 Å². The highest BCUT2D eigenvalue weighted by Crippen LogP contribution is 2.38. The second-order valence-corrected chi connectivity index (χ2v) is 15.3. The summed E-state index contributed by atoms with van der Waals surface area (Å²) in [7, 11) is -2.53. The van der Waals surface area contributed by atoms with Gasteiger partial charge in [0.2, 0.25) is 0 Å². The van der Waals surface area contributed by atoms with E-state index in [0.717, 1.165) is 32.3 Å². The Hall–Kier alpha value is -1.95. The van der Waals surface area contributed by atoms with Crippen LogP contribution in [-0.4, -0.2) is 38.2 Å². The average molecular weight is 469 g/mol. The summed E-state index contributed by atoms with van der Waals surface area (Å²) in [6.45, 7) is 11.4. The molecule has 2 aromatic rings. The Morgan fingerprint density at radius 2 is 1.36 bits per heavy atom. The van der Waals surface area contributed by atoms with E-state index in [2.05, 4.69) is 81.4 Å². The number of ether oxygens (including phenoxy) is 1. The highest BCUT2D eigenvalue weighted by molar-refractivity contribution is 6.99. The van der Waals surface area contributed by atoms with Gasteiger partial charge in [-0.05, 0) is 60.4 Å². The van der Waals surface area contributed by atoms with Gasteiger partial charge in [-0.2, -0.15) is 0 Å². The first-order valence-corrected chi connectivity index (χ1v) is 14.1. The van der Waals surface area contributed by atoms with Crippen LogP contribution in [0.3, 0.4) is 0 Å². The molecule has 1 fully saturated rings. The zero-order valence-electron chi connectivity index (χ0n) is 20.8. The van der Waals surface area contributed by atoms with E-state index >= 15 is 0 Å². The summed E-state index contributed by atoms with van der Waals surface area (Å²) in [5.41, 5.74) is -1.14. The lowest BCUT2D eigenvalue weighted by molar-refractivity contribution is -0.163. The van der Waals surface area contributed by atoms with Crippen LogP contribution in [0.4, 0.5) is 0 Å². The maximum Gasteiger partial charge on any atom is 0.335 e. The Morgan fingerprint density at radius 3 is 1.82 bits per heavy atom. The highest BCUT2D eigenvalue weighted by Gasteiger charge is 2.50. The van der Waals surface area contributed by atoms with Crippen molar-refractivity contribution in [2.45, 2.75) is 70.9 Å². The van der Waals surface area contributed by atoms with Gasteiger partial charge in [0, 0.05) is 6.61 Å². The Labute approximate surface area is 200 Å². The first-order valence-electron chi connectivity index (χ1n) is 12.2. The number of aliphatic carboxylic acids is 1. The second-order valence-electron chi connectivity index (χ2n) is 11.0. The smallest absolute Gasteiger partial charge is 0.335 e. The molecule has 180 valence electrons. The first-order chi connectivity index (χ1) is 15.6. The van der Waals surface area contributed by atoms with Gasteiger partial charge in [-0.1, -0.05) is 87.9 Å². The summed E-state index contributed by atoms with van der Waals surface area (Å²) in [6, 6.07) is 21.5. The molecule has 0 radical (unpaired) electrons. The van der Waals surface area contributed by atoms with Crippen LogP contribution in [0, 0.1) is 11.8 Å². The number of carboxylic acids is 1. The van der Waals surface area contributed by atoms with E-state index in [1.165, 1.54) is 10.4 Å². The standard InChI is InChI=1S/C28H40O4Si/c1-27(2,3)33(24-15-8-6-9-16-24,25-17-10-7-11-18-25)32-21-23-14-12-13-22(19-23)20-31-28(4,5)26(29)30/h6-11,15-18,22-23H,12-14,19-21H2,1-5H3,(H,29,30)/t22?,23-/m1/s1. The van der Waals surface area contributed by atoms with Gasteiger partial charge in [-0.15, -0.1) is 0 Å². The summed E-state index contributed by atoms with van der Waals surface area (Å²) < 4.78 is 12.9. The molecule has 0 saturated heterocycles. The lowest BCUT2D eigenvalue weighted by atomic mass is 9.82. The van der Waals surface area contributed by atoms with Crippen LogP contribution in [0.2, 0.25) is 5.04 Å². The van der Waals surface area contributed by atoms with Crippen molar-refractivity contribution in [2.75, 3.05) is 13.2 Å². The summed E-state index contributed by atoms with van der Waals surface area (Å²) in [5.74, 6) is -0.0723. The molecular formula is C28H40O4Si. The van der Waals surface area contributed by atoms with Crippen molar-refractivity contribution in [3.8, 4) is 0 Å². The lowest BCUT2D eigenvalue weighted by Crippen LogP contribution is -2.67. The molecule has 2 aromatic carbocycles. The summed E-state index contributed by atoms with van der Waals surface area (Å²) in [6.07, 6.45) is 4.40. The highest BCUT2D eigenvalue weighted by atomic mass is 28.4. The van der Waals surface area contributed by atoms with Crippen molar-refractivity contribution in [1.82, 2.24) is 0 Å². The number of benzene rings is 2. The number of carboxylic acid groups (broad SMARTS) is 1. The summed E-state index contributed by atoms with van der Waals surface area (Å²) in [5, 5.41) is 11.9. The lowest BCUT2D eigenvalue weighted by Gasteiger charge is -2.44. The largest absolute Gasteiger partial charge is 0.479 e. The molecule has 0 amide bonds. The Balaban J connectivity index is 1.79. The summed E-state index contributed by atoms with van der Waals surface area (Å²) >= 11 is 0. The van der Waals surface area contributed by atoms with Crippen LogP contribution in [0.15, 0.2) is 60.7 Å². The minimum atomic E-state index is -2.53. The Kier molecular flexibility index (Phi) is 8.20. The molecule has 3 rings (SSSR count). The van der Waals surface area contributed by atoms with Crippen molar-refractivity contribution in [1.29, 1.82) is 0 Å². The molecule has 1 aliphatic rings. The molecule has 1 aliphatic carbocycles. The van der Waals surface area contributed by atoms with Crippen LogP contribution >= 0.6 is 0 Å². The fourth-order valence-electron chi connectivity index (χ4n) is 5.10. The summed E-state index contributed by atoms with van der Waals surface area (Å²) in [4.78, 5) is 11.4. The first kappa shape index (κ1) is 25.7. The molecule has 0 bridgehead atoms. The van der Waals surface area contributed by atoms with Gasteiger partial charge >= 0.3 is 5.97 Å². The number of hydrogen-bond donors (Lipinski definition) is 1. The molecule has 0 heterocycles. The molecule has 5 heteroatoms. The molecule has 0 aromatic heterocycles. The predicted octanol–water partition coefficient (Wildman–Crippen LogP) is 5.25. The molecule has 4 nitrogen and oxygen atoms in total. The van der Waals surface area contributed by atoms with Gasteiger partial charge in [-0.3, -0.25) is 0 Å². The molecule has 2 atom stereocenters. The quantitative estimate of drug-likeness (QED) is 0.511. The zero-order valence-corrected chi connectivity index (χ0v) is 21.8. The third-order valence-corrected chi connectivity index (χ3v) is 12.0. The fourth-order valence-corrected chi connectivity index (χ4v) is 9.74. The maximum absolute atomic E-state index is 11.4. The van der Waals surface area contributed by atoms with Crippen molar-refractivity contribution in [2.24, 2.45) is 11.8 Å². The third-order valence-electron chi connectivity index (χ3n) is 7.04. The van der Waals surface area contributed by atoms with E-state index in [-0.39, 0.29) is 5.04 Å². The van der Waals surface area contributed by atoms with E-state index in [4.69, 9.17) is 9.16 Å². The SMILES string of the molecule is CC(C)(OCC1CCC[C@@H](CO[Si](c2ccccc2)(c2ccccc2)C(C)(C)C)C1)C(=O)O. The molecule has 0 aliphatic heterocycles. The molecule has 1 unspecified atom stereocenters. The van der Waals surface area contributed by atoms with E-state index in [9.17, 15) is 9.90 Å². The van der Waals surface area contributed by atoms with Gasteiger partial charge in [0.25, 0.3) is 8.32 Å². The van der Waals surface area contributed by atoms with Crippen molar-refractivity contribution in [3.63, 3.8) is 0 Å². The molecule has 0 spiro atoms. The maximum atomic E-state index is 11.4. The van der Waals surface area contributed by atoms with E-state index in [1.807, 2.05) is 0 Å². The molecular weight excluding hydrogens is 428 g/mol. The van der Waals surface area contributed by atoms with E-state index < -0.39 is 19.9 Å².